The molecule has 3 aromatic rings. The number of aromatic nitrogens is 4. The molecule has 3 atom stereocenters. The van der Waals surface area contributed by atoms with E-state index >= 15 is 0 Å². The summed E-state index contributed by atoms with van der Waals surface area (Å²) in [4.78, 5) is 31.6. The second kappa shape index (κ2) is 10.4. The molecule has 1 fully saturated rings. The standard InChI is InChI=1S/C26H33N7O3/c1-26(2,3)23(25(36)32-15-20(34)13-22(32)24(35)27-4)33-16-21(30-31-33)18-6-5-7-19(12-18)29-14-17-8-10-28-11-9-17/h5-12,16,20,22-23,29,34H,13-15H2,1-4H3,(H,27,35)/t20?,22?,23-/m1/s1. The number of carbonyl (C=O) groups is 2. The molecule has 3 N–H and O–H groups in total. The Hall–Kier alpha value is -3.79. The first-order valence-corrected chi connectivity index (χ1v) is 12.0. The number of pyridine rings is 1. The van der Waals surface area contributed by atoms with Gasteiger partial charge in [0.15, 0.2) is 0 Å². The Morgan fingerprint density at radius 2 is 1.94 bits per heavy atom. The molecule has 2 unspecified atom stereocenters. The molecule has 2 amide bonds. The molecule has 0 bridgehead atoms. The number of amides is 2. The summed E-state index contributed by atoms with van der Waals surface area (Å²) >= 11 is 0. The zero-order valence-electron chi connectivity index (χ0n) is 21.0. The van der Waals surface area contributed by atoms with Crippen molar-refractivity contribution in [3.05, 3.63) is 60.6 Å². The summed E-state index contributed by atoms with van der Waals surface area (Å²) in [5.74, 6) is -0.556. The van der Waals surface area contributed by atoms with Crippen LogP contribution in [0.1, 0.15) is 38.8 Å². The molecule has 0 radical (unpaired) electrons. The Balaban J connectivity index is 1.57. The van der Waals surface area contributed by atoms with Crippen LogP contribution in [0.15, 0.2) is 55.0 Å². The quantitative estimate of drug-likeness (QED) is 0.463. The van der Waals surface area contributed by atoms with Gasteiger partial charge in [-0.3, -0.25) is 14.6 Å². The summed E-state index contributed by atoms with van der Waals surface area (Å²) in [6.45, 7) is 6.61. The normalized spacial score (nSPS) is 18.6. The van der Waals surface area contributed by atoms with E-state index in [9.17, 15) is 14.7 Å². The van der Waals surface area contributed by atoms with Crippen molar-refractivity contribution >= 4 is 17.5 Å². The SMILES string of the molecule is CNC(=O)C1CC(O)CN1C(=O)[C@@H](n1cc(-c2cccc(NCc3ccncc3)c2)nn1)C(C)(C)C. The highest BCUT2D eigenvalue weighted by molar-refractivity contribution is 5.90. The monoisotopic (exact) mass is 491 g/mol. The second-order valence-electron chi connectivity index (χ2n) is 10.2. The lowest BCUT2D eigenvalue weighted by atomic mass is 9.85. The largest absolute Gasteiger partial charge is 0.391 e. The van der Waals surface area contributed by atoms with Gasteiger partial charge < -0.3 is 20.6 Å². The van der Waals surface area contributed by atoms with Crippen molar-refractivity contribution in [1.82, 2.24) is 30.2 Å². The lowest BCUT2D eigenvalue weighted by molar-refractivity contribution is -0.144. The summed E-state index contributed by atoms with van der Waals surface area (Å²) < 4.78 is 1.57. The van der Waals surface area contributed by atoms with Crippen molar-refractivity contribution in [3.63, 3.8) is 0 Å². The van der Waals surface area contributed by atoms with Gasteiger partial charge in [-0.2, -0.15) is 0 Å². The van der Waals surface area contributed by atoms with Gasteiger partial charge in [-0.25, -0.2) is 4.68 Å². The molecule has 2 aromatic heterocycles. The summed E-state index contributed by atoms with van der Waals surface area (Å²) in [6, 6.07) is 10.3. The average molecular weight is 492 g/mol. The molecule has 1 aromatic carbocycles. The molecule has 10 heteroatoms. The number of aliphatic hydroxyl groups is 1. The maximum absolute atomic E-state index is 13.7. The van der Waals surface area contributed by atoms with Gasteiger partial charge in [-0.15, -0.1) is 5.10 Å². The Kier molecular flexibility index (Phi) is 7.35. The number of β-amino-alcohol motifs (C(OH)–C–C–N with tert-alkyl or cyclic N) is 1. The number of hydrogen-bond acceptors (Lipinski definition) is 7. The molecule has 10 nitrogen and oxygen atoms in total. The van der Waals surface area contributed by atoms with E-state index in [2.05, 4.69) is 25.9 Å². The van der Waals surface area contributed by atoms with Crippen molar-refractivity contribution in [2.24, 2.45) is 5.41 Å². The lowest BCUT2D eigenvalue weighted by Gasteiger charge is -2.34. The number of likely N-dealkylation sites (tertiary alicyclic amines) is 1. The Bertz CT molecular complexity index is 1210. The fourth-order valence-corrected chi connectivity index (χ4v) is 4.54. The van der Waals surface area contributed by atoms with Crippen LogP contribution in [0.4, 0.5) is 5.69 Å². The minimum absolute atomic E-state index is 0.107. The number of aliphatic hydroxyl groups excluding tert-OH is 1. The van der Waals surface area contributed by atoms with Gasteiger partial charge in [0, 0.05) is 50.2 Å². The molecular formula is C26H33N7O3. The van der Waals surface area contributed by atoms with Gasteiger partial charge in [0.1, 0.15) is 17.8 Å². The second-order valence-corrected chi connectivity index (χ2v) is 10.2. The number of carbonyl (C=O) groups excluding carboxylic acids is 2. The zero-order chi connectivity index (χ0) is 25.9. The van der Waals surface area contributed by atoms with E-state index < -0.39 is 23.6 Å². The van der Waals surface area contributed by atoms with Crippen LogP contribution in [0.2, 0.25) is 0 Å². The molecular weight excluding hydrogens is 458 g/mol. The molecule has 0 saturated carbocycles. The molecule has 1 aliphatic rings. The third-order valence-corrected chi connectivity index (χ3v) is 6.34. The van der Waals surface area contributed by atoms with E-state index in [1.165, 1.54) is 11.9 Å². The average Bonchev–Trinajstić information content (AvgIpc) is 3.49. The van der Waals surface area contributed by atoms with E-state index in [1.54, 1.807) is 23.3 Å². The minimum atomic E-state index is -0.745. The molecule has 3 heterocycles. The van der Waals surface area contributed by atoms with Crippen LogP contribution in [-0.2, 0) is 16.1 Å². The molecule has 190 valence electrons. The summed E-state index contributed by atoms with van der Waals surface area (Å²) in [6.07, 6.45) is 4.75. The summed E-state index contributed by atoms with van der Waals surface area (Å²) in [5.41, 5.74) is 3.03. The maximum atomic E-state index is 13.7. The van der Waals surface area contributed by atoms with Crippen LogP contribution >= 0.6 is 0 Å². The van der Waals surface area contributed by atoms with Crippen molar-refractivity contribution in [3.8, 4) is 11.3 Å². The van der Waals surface area contributed by atoms with E-state index in [-0.39, 0.29) is 24.8 Å². The maximum Gasteiger partial charge on any atom is 0.248 e. The van der Waals surface area contributed by atoms with E-state index in [4.69, 9.17) is 0 Å². The Labute approximate surface area is 210 Å². The highest BCUT2D eigenvalue weighted by atomic mass is 16.3. The van der Waals surface area contributed by atoms with Crippen molar-refractivity contribution < 1.29 is 14.7 Å². The van der Waals surface area contributed by atoms with Gasteiger partial charge in [-0.05, 0) is 35.2 Å². The number of rotatable bonds is 7. The number of likely N-dealkylation sites (N-methyl/N-ethyl adjacent to an activating group) is 1. The fraction of sp³-hybridized carbons (Fsp3) is 0.423. The highest BCUT2D eigenvalue weighted by Gasteiger charge is 2.45. The number of hydrogen-bond donors (Lipinski definition) is 3. The Morgan fingerprint density at radius 1 is 1.19 bits per heavy atom. The van der Waals surface area contributed by atoms with E-state index in [0.29, 0.717) is 12.2 Å². The minimum Gasteiger partial charge on any atom is -0.391 e. The van der Waals surface area contributed by atoms with Crippen LogP contribution in [0, 0.1) is 5.41 Å². The van der Waals surface area contributed by atoms with Gasteiger partial charge in [-0.1, -0.05) is 38.1 Å². The number of nitrogens with one attached hydrogen (secondary N) is 2. The Morgan fingerprint density at radius 3 is 2.64 bits per heavy atom. The predicted octanol–water partition coefficient (Wildman–Crippen LogP) is 2.25. The fourth-order valence-electron chi connectivity index (χ4n) is 4.54. The van der Waals surface area contributed by atoms with Crippen LogP contribution in [-0.4, -0.2) is 67.5 Å². The topological polar surface area (TPSA) is 125 Å². The molecule has 1 aliphatic heterocycles. The van der Waals surface area contributed by atoms with E-state index in [0.717, 1.165) is 16.8 Å². The summed E-state index contributed by atoms with van der Waals surface area (Å²) in [5, 5.41) is 24.9. The first-order valence-electron chi connectivity index (χ1n) is 12.0. The van der Waals surface area contributed by atoms with Crippen LogP contribution < -0.4 is 10.6 Å². The first-order chi connectivity index (χ1) is 17.2. The van der Waals surface area contributed by atoms with Gasteiger partial charge in [0.05, 0.1) is 12.3 Å². The smallest absolute Gasteiger partial charge is 0.248 e. The molecule has 0 aliphatic carbocycles. The highest BCUT2D eigenvalue weighted by Crippen LogP contribution is 2.35. The van der Waals surface area contributed by atoms with Crippen LogP contribution in [0.5, 0.6) is 0 Å². The first kappa shape index (κ1) is 25.3. The third kappa shape index (κ3) is 5.54. The number of nitrogens with zero attached hydrogens (tertiary/aromatic N) is 5. The summed E-state index contributed by atoms with van der Waals surface area (Å²) in [7, 11) is 1.53. The van der Waals surface area contributed by atoms with Crippen molar-refractivity contribution in [2.45, 2.75) is 51.9 Å². The number of anilines is 1. The van der Waals surface area contributed by atoms with Gasteiger partial charge >= 0.3 is 0 Å². The van der Waals surface area contributed by atoms with Gasteiger partial charge in [0.2, 0.25) is 11.8 Å². The molecule has 0 spiro atoms. The van der Waals surface area contributed by atoms with E-state index in [1.807, 2.05) is 57.2 Å². The predicted molar refractivity (Wildman–Crippen MR) is 136 cm³/mol. The lowest BCUT2D eigenvalue weighted by Crippen LogP contribution is -2.49. The zero-order valence-corrected chi connectivity index (χ0v) is 21.0. The van der Waals surface area contributed by atoms with Crippen molar-refractivity contribution in [1.29, 1.82) is 0 Å². The number of benzene rings is 1. The molecule has 4 rings (SSSR count). The van der Waals surface area contributed by atoms with Crippen LogP contribution in [0.3, 0.4) is 0 Å². The third-order valence-electron chi connectivity index (χ3n) is 6.34. The van der Waals surface area contributed by atoms with Crippen LogP contribution in [0.25, 0.3) is 11.3 Å². The molecule has 36 heavy (non-hydrogen) atoms. The van der Waals surface area contributed by atoms with Gasteiger partial charge in [0.25, 0.3) is 0 Å². The molecule has 1 saturated heterocycles. The van der Waals surface area contributed by atoms with Crippen molar-refractivity contribution in [2.75, 3.05) is 18.9 Å².